The SMILES string of the molecule is CCOCCCCNC(=NC)NCc1nc(C(C)(C)C)cs1. The molecule has 1 aromatic rings. The summed E-state index contributed by atoms with van der Waals surface area (Å²) in [6, 6.07) is 0. The minimum absolute atomic E-state index is 0.106. The molecule has 0 saturated carbocycles. The Balaban J connectivity index is 2.28. The van der Waals surface area contributed by atoms with Crippen LogP contribution in [0.25, 0.3) is 0 Å². The lowest BCUT2D eigenvalue weighted by Gasteiger charge is -2.14. The normalized spacial score (nSPS) is 12.5. The van der Waals surface area contributed by atoms with Gasteiger partial charge in [0.15, 0.2) is 5.96 Å². The van der Waals surface area contributed by atoms with Crippen LogP contribution in [0.15, 0.2) is 10.4 Å². The average molecular weight is 327 g/mol. The van der Waals surface area contributed by atoms with Gasteiger partial charge in [-0.2, -0.15) is 0 Å². The molecule has 0 aromatic carbocycles. The predicted octanol–water partition coefficient (Wildman–Crippen LogP) is 2.92. The van der Waals surface area contributed by atoms with Crippen molar-refractivity contribution >= 4 is 17.3 Å². The van der Waals surface area contributed by atoms with Crippen LogP contribution >= 0.6 is 11.3 Å². The van der Waals surface area contributed by atoms with Crippen molar-refractivity contribution < 1.29 is 4.74 Å². The first-order valence-electron chi connectivity index (χ1n) is 7.94. The van der Waals surface area contributed by atoms with Gasteiger partial charge in [-0.05, 0) is 19.8 Å². The molecule has 2 N–H and O–H groups in total. The summed E-state index contributed by atoms with van der Waals surface area (Å²) in [6.07, 6.45) is 2.14. The number of aliphatic imine (C=N–C) groups is 1. The van der Waals surface area contributed by atoms with Gasteiger partial charge < -0.3 is 15.4 Å². The lowest BCUT2D eigenvalue weighted by atomic mass is 9.93. The van der Waals surface area contributed by atoms with Crippen LogP contribution in [-0.4, -0.2) is 37.7 Å². The van der Waals surface area contributed by atoms with E-state index < -0.39 is 0 Å². The summed E-state index contributed by atoms with van der Waals surface area (Å²) in [5.74, 6) is 0.823. The average Bonchev–Trinajstić information content (AvgIpc) is 2.95. The highest BCUT2D eigenvalue weighted by atomic mass is 32.1. The summed E-state index contributed by atoms with van der Waals surface area (Å²) in [7, 11) is 1.79. The van der Waals surface area contributed by atoms with E-state index in [1.807, 2.05) is 6.92 Å². The van der Waals surface area contributed by atoms with Gasteiger partial charge in [-0.25, -0.2) is 4.98 Å². The lowest BCUT2D eigenvalue weighted by Crippen LogP contribution is -2.37. The third kappa shape index (κ3) is 7.22. The Morgan fingerprint density at radius 2 is 2.09 bits per heavy atom. The Kier molecular flexibility index (Phi) is 8.42. The molecule has 0 radical (unpaired) electrons. The van der Waals surface area contributed by atoms with E-state index in [0.29, 0.717) is 6.54 Å². The minimum Gasteiger partial charge on any atom is -0.382 e. The number of nitrogens with one attached hydrogen (secondary N) is 2. The van der Waals surface area contributed by atoms with Gasteiger partial charge in [0.05, 0.1) is 12.2 Å². The number of rotatable bonds is 8. The zero-order valence-electron chi connectivity index (χ0n) is 14.5. The van der Waals surface area contributed by atoms with E-state index in [0.717, 1.165) is 49.3 Å². The number of ether oxygens (including phenoxy) is 1. The second kappa shape index (κ2) is 9.79. The van der Waals surface area contributed by atoms with Crippen molar-refractivity contribution in [1.82, 2.24) is 15.6 Å². The van der Waals surface area contributed by atoms with Crippen LogP contribution in [0.4, 0.5) is 0 Å². The van der Waals surface area contributed by atoms with E-state index in [4.69, 9.17) is 4.74 Å². The highest BCUT2D eigenvalue weighted by Gasteiger charge is 2.17. The van der Waals surface area contributed by atoms with E-state index in [9.17, 15) is 0 Å². The number of hydrogen-bond donors (Lipinski definition) is 2. The largest absolute Gasteiger partial charge is 0.382 e. The quantitative estimate of drug-likeness (QED) is 0.438. The van der Waals surface area contributed by atoms with Crippen LogP contribution in [0.2, 0.25) is 0 Å². The van der Waals surface area contributed by atoms with E-state index in [1.165, 1.54) is 0 Å². The molecule has 6 heteroatoms. The van der Waals surface area contributed by atoms with Crippen molar-refractivity contribution in [3.8, 4) is 0 Å². The summed E-state index contributed by atoms with van der Waals surface area (Å²) >= 11 is 1.69. The van der Waals surface area contributed by atoms with E-state index in [1.54, 1.807) is 18.4 Å². The highest BCUT2D eigenvalue weighted by molar-refractivity contribution is 7.09. The Morgan fingerprint density at radius 1 is 1.32 bits per heavy atom. The molecule has 22 heavy (non-hydrogen) atoms. The third-order valence-corrected chi connectivity index (χ3v) is 4.01. The van der Waals surface area contributed by atoms with Gasteiger partial charge >= 0.3 is 0 Å². The van der Waals surface area contributed by atoms with Gasteiger partial charge in [-0.1, -0.05) is 20.8 Å². The Bertz CT molecular complexity index is 451. The van der Waals surface area contributed by atoms with Crippen LogP contribution in [0.3, 0.4) is 0 Å². The maximum Gasteiger partial charge on any atom is 0.191 e. The summed E-state index contributed by atoms with van der Waals surface area (Å²) in [5, 5.41) is 9.85. The molecule has 0 aliphatic rings. The second-order valence-electron chi connectivity index (χ2n) is 6.13. The highest BCUT2D eigenvalue weighted by Crippen LogP contribution is 2.23. The Labute approximate surface area is 138 Å². The molecule has 0 fully saturated rings. The standard InChI is InChI=1S/C16H30N4OS/c1-6-21-10-8-7-9-18-15(17-5)19-11-14-20-13(12-22-14)16(2,3)4/h12H,6-11H2,1-5H3,(H2,17,18,19). The Morgan fingerprint density at radius 3 is 2.68 bits per heavy atom. The van der Waals surface area contributed by atoms with Crippen molar-refractivity contribution in [2.75, 3.05) is 26.8 Å². The molecular formula is C16H30N4OS. The maximum atomic E-state index is 5.32. The van der Waals surface area contributed by atoms with Crippen molar-refractivity contribution in [1.29, 1.82) is 0 Å². The third-order valence-electron chi connectivity index (χ3n) is 3.16. The first-order chi connectivity index (χ1) is 10.5. The van der Waals surface area contributed by atoms with Crippen molar-refractivity contribution in [2.45, 2.75) is 52.5 Å². The molecule has 0 amide bonds. The van der Waals surface area contributed by atoms with Gasteiger partial charge in [-0.15, -0.1) is 11.3 Å². The van der Waals surface area contributed by atoms with Crippen molar-refractivity contribution in [3.63, 3.8) is 0 Å². The molecule has 126 valence electrons. The zero-order valence-corrected chi connectivity index (χ0v) is 15.3. The topological polar surface area (TPSA) is 58.5 Å². The van der Waals surface area contributed by atoms with E-state index in [-0.39, 0.29) is 5.41 Å². The van der Waals surface area contributed by atoms with Gasteiger partial charge in [-0.3, -0.25) is 4.99 Å². The predicted molar refractivity (Wildman–Crippen MR) is 94.7 cm³/mol. The maximum absolute atomic E-state index is 5.32. The van der Waals surface area contributed by atoms with Crippen LogP contribution in [0, 0.1) is 0 Å². The van der Waals surface area contributed by atoms with Crippen LogP contribution in [0.1, 0.15) is 51.2 Å². The molecule has 1 rings (SSSR count). The van der Waals surface area contributed by atoms with Crippen LogP contribution in [0.5, 0.6) is 0 Å². The smallest absolute Gasteiger partial charge is 0.191 e. The lowest BCUT2D eigenvalue weighted by molar-refractivity contribution is 0.143. The monoisotopic (exact) mass is 326 g/mol. The molecule has 0 aliphatic carbocycles. The first kappa shape index (κ1) is 18.9. The molecule has 0 bridgehead atoms. The van der Waals surface area contributed by atoms with Gasteiger partial charge in [0.1, 0.15) is 5.01 Å². The fraction of sp³-hybridized carbons (Fsp3) is 0.750. The molecule has 0 aliphatic heterocycles. The van der Waals surface area contributed by atoms with Gasteiger partial charge in [0.2, 0.25) is 0 Å². The number of aromatic nitrogens is 1. The molecule has 0 spiro atoms. The van der Waals surface area contributed by atoms with Gasteiger partial charge in [0, 0.05) is 37.6 Å². The fourth-order valence-electron chi connectivity index (χ4n) is 1.80. The van der Waals surface area contributed by atoms with Crippen LogP contribution < -0.4 is 10.6 Å². The van der Waals surface area contributed by atoms with Gasteiger partial charge in [0.25, 0.3) is 0 Å². The Hall–Kier alpha value is -1.14. The number of unbranched alkanes of at least 4 members (excludes halogenated alkanes) is 1. The molecule has 0 atom stereocenters. The molecule has 5 nitrogen and oxygen atoms in total. The van der Waals surface area contributed by atoms with Crippen molar-refractivity contribution in [3.05, 3.63) is 16.1 Å². The molecule has 1 heterocycles. The minimum atomic E-state index is 0.106. The molecule has 1 aromatic heterocycles. The first-order valence-corrected chi connectivity index (χ1v) is 8.82. The number of nitrogens with zero attached hydrogens (tertiary/aromatic N) is 2. The summed E-state index contributed by atoms with van der Waals surface area (Å²) < 4.78 is 5.32. The van der Waals surface area contributed by atoms with E-state index >= 15 is 0 Å². The molecular weight excluding hydrogens is 296 g/mol. The summed E-state index contributed by atoms with van der Waals surface area (Å²) in [5.41, 5.74) is 1.25. The molecule has 0 saturated heterocycles. The fourth-order valence-corrected chi connectivity index (χ4v) is 2.76. The van der Waals surface area contributed by atoms with Crippen molar-refractivity contribution in [2.24, 2.45) is 4.99 Å². The van der Waals surface area contributed by atoms with E-state index in [2.05, 4.69) is 46.8 Å². The second-order valence-corrected chi connectivity index (χ2v) is 7.08. The zero-order chi connectivity index (χ0) is 16.4. The molecule has 0 unspecified atom stereocenters. The number of guanidine groups is 1. The summed E-state index contributed by atoms with van der Waals surface area (Å²) in [4.78, 5) is 8.91. The number of hydrogen-bond acceptors (Lipinski definition) is 4. The summed E-state index contributed by atoms with van der Waals surface area (Å²) in [6.45, 7) is 11.8. The number of thiazole rings is 1. The van der Waals surface area contributed by atoms with Crippen LogP contribution in [-0.2, 0) is 16.7 Å².